The van der Waals surface area contributed by atoms with Gasteiger partial charge in [-0.25, -0.2) is 0 Å². The predicted octanol–water partition coefficient (Wildman–Crippen LogP) is 2.03. The summed E-state index contributed by atoms with van der Waals surface area (Å²) < 4.78 is 0. The van der Waals surface area contributed by atoms with Gasteiger partial charge >= 0.3 is 0 Å². The summed E-state index contributed by atoms with van der Waals surface area (Å²) in [7, 11) is 0. The Balaban J connectivity index is 1.82. The number of halogens is 1. The van der Waals surface area contributed by atoms with Gasteiger partial charge in [0.1, 0.15) is 0 Å². The molecule has 2 unspecified atom stereocenters. The van der Waals surface area contributed by atoms with Crippen LogP contribution in [0.25, 0.3) is 0 Å². The first kappa shape index (κ1) is 14.3. The van der Waals surface area contributed by atoms with E-state index in [4.69, 9.17) is 11.6 Å². The molecule has 0 radical (unpaired) electrons. The Labute approximate surface area is 118 Å². The fraction of sp³-hybridized carbons (Fsp3) is 0.500. The summed E-state index contributed by atoms with van der Waals surface area (Å²) in [5.41, 5.74) is 0.439. The lowest BCUT2D eigenvalue weighted by Gasteiger charge is -2.49. The first-order valence-corrected chi connectivity index (χ1v) is 6.75. The van der Waals surface area contributed by atoms with Crippen molar-refractivity contribution in [2.45, 2.75) is 32.4 Å². The number of carbonyl (C=O) groups is 1. The second kappa shape index (κ2) is 5.49. The molecule has 1 aliphatic rings. The number of anilines is 1. The summed E-state index contributed by atoms with van der Waals surface area (Å²) in [6.07, 6.45) is 0.392. The topological polar surface area (TPSA) is 61.4 Å². The minimum Gasteiger partial charge on any atom is -0.392 e. The molecule has 104 valence electrons. The van der Waals surface area contributed by atoms with E-state index in [1.165, 1.54) is 0 Å². The van der Waals surface area contributed by atoms with Crippen LogP contribution >= 0.6 is 11.6 Å². The van der Waals surface area contributed by atoms with Crippen LogP contribution in [0.1, 0.15) is 20.3 Å². The highest BCUT2D eigenvalue weighted by Crippen LogP contribution is 2.40. The number of hydrogen-bond acceptors (Lipinski definition) is 3. The summed E-state index contributed by atoms with van der Waals surface area (Å²) in [6, 6.07) is 7.29. The molecular formula is C14H19ClN2O2. The van der Waals surface area contributed by atoms with Crippen LogP contribution in [0.2, 0.25) is 5.02 Å². The third-order valence-electron chi connectivity index (χ3n) is 3.87. The molecule has 19 heavy (non-hydrogen) atoms. The lowest BCUT2D eigenvalue weighted by atomic mass is 9.64. The van der Waals surface area contributed by atoms with Crippen LogP contribution in [0.3, 0.4) is 0 Å². The summed E-state index contributed by atoms with van der Waals surface area (Å²) in [5, 5.41) is 16.1. The molecule has 0 aromatic heterocycles. The van der Waals surface area contributed by atoms with Crippen LogP contribution in [0.15, 0.2) is 24.3 Å². The molecule has 3 N–H and O–H groups in total. The highest BCUT2D eigenvalue weighted by atomic mass is 35.5. The van der Waals surface area contributed by atoms with Crippen LogP contribution in [0.4, 0.5) is 5.69 Å². The number of para-hydroxylation sites is 1. The Kier molecular flexibility index (Phi) is 4.13. The Bertz CT molecular complexity index is 476. The second-order valence-corrected chi connectivity index (χ2v) is 5.94. The van der Waals surface area contributed by atoms with Crippen LogP contribution in [-0.4, -0.2) is 29.7 Å². The third-order valence-corrected chi connectivity index (χ3v) is 4.20. The average molecular weight is 283 g/mol. The Hall–Kier alpha value is -1.10. The molecule has 1 fully saturated rings. The monoisotopic (exact) mass is 282 g/mol. The van der Waals surface area contributed by atoms with Gasteiger partial charge < -0.3 is 15.7 Å². The summed E-state index contributed by atoms with van der Waals surface area (Å²) in [4.78, 5) is 11.8. The predicted molar refractivity (Wildman–Crippen MR) is 76.3 cm³/mol. The van der Waals surface area contributed by atoms with Gasteiger partial charge in [0.25, 0.3) is 0 Å². The van der Waals surface area contributed by atoms with Gasteiger partial charge in [-0.1, -0.05) is 37.6 Å². The molecule has 0 heterocycles. The Morgan fingerprint density at radius 3 is 2.74 bits per heavy atom. The van der Waals surface area contributed by atoms with E-state index in [-0.39, 0.29) is 30.0 Å². The van der Waals surface area contributed by atoms with Gasteiger partial charge in [-0.3, -0.25) is 4.79 Å². The molecule has 0 bridgehead atoms. The molecule has 1 amide bonds. The molecule has 0 aliphatic heterocycles. The number of carbonyl (C=O) groups excluding carboxylic acids is 1. The van der Waals surface area contributed by atoms with Crippen molar-refractivity contribution < 1.29 is 9.90 Å². The van der Waals surface area contributed by atoms with E-state index in [1.807, 2.05) is 26.0 Å². The van der Waals surface area contributed by atoms with E-state index in [0.29, 0.717) is 17.1 Å². The molecule has 0 saturated heterocycles. The van der Waals surface area contributed by atoms with Crippen LogP contribution in [0.5, 0.6) is 0 Å². The SMILES string of the molecule is CC1(C)C(O)CC1NCC(=O)Nc1ccccc1Cl. The molecular weight excluding hydrogens is 264 g/mol. The van der Waals surface area contributed by atoms with Crippen molar-refractivity contribution in [3.8, 4) is 0 Å². The van der Waals surface area contributed by atoms with Gasteiger partial charge in [0.15, 0.2) is 0 Å². The first-order valence-electron chi connectivity index (χ1n) is 6.37. The number of aliphatic hydroxyl groups excluding tert-OH is 1. The largest absolute Gasteiger partial charge is 0.392 e. The lowest BCUT2D eigenvalue weighted by molar-refractivity contribution is -0.117. The van der Waals surface area contributed by atoms with Crippen molar-refractivity contribution in [3.05, 3.63) is 29.3 Å². The van der Waals surface area contributed by atoms with Gasteiger partial charge in [0.2, 0.25) is 5.91 Å². The number of nitrogens with one attached hydrogen (secondary N) is 2. The zero-order valence-electron chi connectivity index (χ0n) is 11.1. The molecule has 5 heteroatoms. The minimum absolute atomic E-state index is 0.134. The Morgan fingerprint density at radius 1 is 1.47 bits per heavy atom. The van der Waals surface area contributed by atoms with E-state index in [1.54, 1.807) is 12.1 Å². The maximum atomic E-state index is 11.8. The summed E-state index contributed by atoms with van der Waals surface area (Å²) in [5.74, 6) is -0.134. The summed E-state index contributed by atoms with van der Waals surface area (Å²) in [6.45, 7) is 4.20. The highest BCUT2D eigenvalue weighted by Gasteiger charge is 2.46. The number of aliphatic hydroxyl groups is 1. The van der Waals surface area contributed by atoms with E-state index in [0.717, 1.165) is 0 Å². The van der Waals surface area contributed by atoms with Gasteiger partial charge in [0.05, 0.1) is 23.4 Å². The van der Waals surface area contributed by atoms with E-state index in [9.17, 15) is 9.90 Å². The fourth-order valence-corrected chi connectivity index (χ4v) is 2.40. The maximum absolute atomic E-state index is 11.8. The highest BCUT2D eigenvalue weighted by molar-refractivity contribution is 6.33. The quantitative estimate of drug-likeness (QED) is 0.792. The molecule has 2 atom stereocenters. The molecule has 1 aromatic rings. The zero-order chi connectivity index (χ0) is 14.0. The van der Waals surface area contributed by atoms with E-state index >= 15 is 0 Å². The van der Waals surface area contributed by atoms with E-state index < -0.39 is 0 Å². The number of benzene rings is 1. The fourth-order valence-electron chi connectivity index (χ4n) is 2.22. The second-order valence-electron chi connectivity index (χ2n) is 5.53. The van der Waals surface area contributed by atoms with Crippen LogP contribution < -0.4 is 10.6 Å². The maximum Gasteiger partial charge on any atom is 0.238 e. The smallest absolute Gasteiger partial charge is 0.238 e. The first-order chi connectivity index (χ1) is 8.91. The molecule has 0 spiro atoms. The lowest BCUT2D eigenvalue weighted by Crippen LogP contribution is -2.60. The minimum atomic E-state index is -0.295. The summed E-state index contributed by atoms with van der Waals surface area (Å²) >= 11 is 5.97. The number of amides is 1. The van der Waals surface area contributed by atoms with Crippen molar-refractivity contribution in [2.24, 2.45) is 5.41 Å². The molecule has 1 saturated carbocycles. The average Bonchev–Trinajstić information content (AvgIpc) is 2.37. The Morgan fingerprint density at radius 2 is 2.16 bits per heavy atom. The third kappa shape index (κ3) is 3.08. The normalized spacial score (nSPS) is 24.6. The molecule has 4 nitrogen and oxygen atoms in total. The van der Waals surface area contributed by atoms with Crippen molar-refractivity contribution in [1.29, 1.82) is 0 Å². The molecule has 1 aliphatic carbocycles. The van der Waals surface area contributed by atoms with E-state index in [2.05, 4.69) is 10.6 Å². The zero-order valence-corrected chi connectivity index (χ0v) is 11.9. The van der Waals surface area contributed by atoms with Gasteiger partial charge in [0, 0.05) is 11.5 Å². The van der Waals surface area contributed by atoms with Crippen molar-refractivity contribution in [1.82, 2.24) is 5.32 Å². The molecule has 1 aromatic carbocycles. The number of hydrogen-bond donors (Lipinski definition) is 3. The van der Waals surface area contributed by atoms with Crippen LogP contribution in [-0.2, 0) is 4.79 Å². The van der Waals surface area contributed by atoms with Gasteiger partial charge in [-0.15, -0.1) is 0 Å². The van der Waals surface area contributed by atoms with Gasteiger partial charge in [-0.05, 0) is 18.6 Å². The van der Waals surface area contributed by atoms with Crippen molar-refractivity contribution >= 4 is 23.2 Å². The standard InChI is InChI=1S/C14H19ClN2O2/c1-14(2)11(7-12(14)18)16-8-13(19)17-10-6-4-3-5-9(10)15/h3-6,11-12,16,18H,7-8H2,1-2H3,(H,17,19). The van der Waals surface area contributed by atoms with Crippen molar-refractivity contribution in [2.75, 3.05) is 11.9 Å². The van der Waals surface area contributed by atoms with Gasteiger partial charge in [-0.2, -0.15) is 0 Å². The van der Waals surface area contributed by atoms with Crippen LogP contribution in [0, 0.1) is 5.41 Å². The number of rotatable bonds is 4. The van der Waals surface area contributed by atoms with Crippen molar-refractivity contribution in [3.63, 3.8) is 0 Å². The molecule has 2 rings (SSSR count).